The van der Waals surface area contributed by atoms with Gasteiger partial charge in [0, 0.05) is 19.9 Å². The van der Waals surface area contributed by atoms with E-state index in [-0.39, 0.29) is 6.10 Å². The molecule has 0 heterocycles. The van der Waals surface area contributed by atoms with Crippen LogP contribution in [-0.2, 0) is 4.74 Å². The third-order valence-corrected chi connectivity index (χ3v) is 3.23. The zero-order valence-corrected chi connectivity index (χ0v) is 11.0. The van der Waals surface area contributed by atoms with Crippen molar-refractivity contribution in [2.75, 3.05) is 13.7 Å². The highest BCUT2D eigenvalue weighted by Crippen LogP contribution is 2.13. The molecule has 0 aromatic heterocycles. The molecule has 1 unspecified atom stereocenters. The largest absolute Gasteiger partial charge is 0.377 e. The van der Waals surface area contributed by atoms with Crippen molar-refractivity contribution in [3.63, 3.8) is 0 Å². The van der Waals surface area contributed by atoms with Crippen LogP contribution in [0.5, 0.6) is 0 Å². The number of nitrogens with zero attached hydrogens (tertiary/aromatic N) is 1. The van der Waals surface area contributed by atoms with Crippen molar-refractivity contribution < 1.29 is 4.74 Å². The van der Waals surface area contributed by atoms with E-state index in [1.54, 1.807) is 7.11 Å². The van der Waals surface area contributed by atoms with E-state index < -0.39 is 0 Å². The molecule has 0 amide bonds. The normalized spacial score (nSPS) is 23.3. The van der Waals surface area contributed by atoms with Gasteiger partial charge in [-0.25, -0.2) is 0 Å². The van der Waals surface area contributed by atoms with Gasteiger partial charge < -0.3 is 4.74 Å². The van der Waals surface area contributed by atoms with Crippen molar-refractivity contribution in [3.8, 4) is 0 Å². The van der Waals surface area contributed by atoms with Gasteiger partial charge in [0.05, 0.1) is 6.10 Å². The Labute approximate surface area is 109 Å². The molecule has 0 aromatic rings. The Morgan fingerprint density at radius 1 is 1.33 bits per heavy atom. The second kappa shape index (κ2) is 7.12. The van der Waals surface area contributed by atoms with Gasteiger partial charge in [-0.1, -0.05) is 42.0 Å². The number of hydrogen-bond donors (Lipinski definition) is 0. The minimum Gasteiger partial charge on any atom is -0.377 e. The van der Waals surface area contributed by atoms with Gasteiger partial charge in [0.1, 0.15) is 0 Å². The smallest absolute Gasteiger partial charge is 0.0790 e. The van der Waals surface area contributed by atoms with Gasteiger partial charge in [0.15, 0.2) is 0 Å². The molecule has 2 nitrogen and oxygen atoms in total. The third kappa shape index (κ3) is 4.11. The van der Waals surface area contributed by atoms with Gasteiger partial charge in [-0.15, -0.1) is 0 Å². The lowest BCUT2D eigenvalue weighted by molar-refractivity contribution is 0.142. The minimum atomic E-state index is 0.236. The second-order valence-corrected chi connectivity index (χ2v) is 4.62. The Bertz CT molecular complexity index is 413. The van der Waals surface area contributed by atoms with Crippen molar-refractivity contribution in [2.45, 2.75) is 31.8 Å². The summed E-state index contributed by atoms with van der Waals surface area (Å²) in [5.74, 6) is 0. The van der Waals surface area contributed by atoms with Gasteiger partial charge in [0.25, 0.3) is 0 Å². The summed E-state index contributed by atoms with van der Waals surface area (Å²) in [6, 6.07) is 0. The molecule has 0 saturated carbocycles. The van der Waals surface area contributed by atoms with Crippen LogP contribution in [-0.4, -0.2) is 26.0 Å². The Hall–Kier alpha value is -1.41. The standard InChI is InChI=1S/C16H21NO/c1-18-16-9-7-15(8-10-16)13-17-12-11-14-5-3-2-4-6-14/h3,5-9,13,16H,2,4,10-12H2,1H3. The minimum absolute atomic E-state index is 0.236. The molecule has 2 aliphatic rings. The maximum Gasteiger partial charge on any atom is 0.0790 e. The number of ether oxygens (including phenoxy) is 1. The highest BCUT2D eigenvalue weighted by atomic mass is 16.5. The molecule has 0 radical (unpaired) electrons. The summed E-state index contributed by atoms with van der Waals surface area (Å²) >= 11 is 0. The van der Waals surface area contributed by atoms with Crippen LogP contribution in [0, 0.1) is 0 Å². The zero-order valence-electron chi connectivity index (χ0n) is 11.0. The monoisotopic (exact) mass is 243 g/mol. The van der Waals surface area contributed by atoms with Crippen molar-refractivity contribution in [3.05, 3.63) is 47.6 Å². The molecule has 0 bridgehead atoms. The van der Waals surface area contributed by atoms with E-state index in [0.717, 1.165) is 19.4 Å². The van der Waals surface area contributed by atoms with Gasteiger partial charge in [-0.3, -0.25) is 4.99 Å². The average molecular weight is 243 g/mol. The first-order valence-electron chi connectivity index (χ1n) is 6.65. The second-order valence-electron chi connectivity index (χ2n) is 4.62. The van der Waals surface area contributed by atoms with Crippen LogP contribution in [0.25, 0.3) is 0 Å². The molecule has 18 heavy (non-hydrogen) atoms. The highest BCUT2D eigenvalue weighted by Gasteiger charge is 2.05. The van der Waals surface area contributed by atoms with E-state index in [1.165, 1.54) is 24.0 Å². The summed E-state index contributed by atoms with van der Waals surface area (Å²) in [6.45, 7) is 0.870. The number of hydrogen-bond acceptors (Lipinski definition) is 2. The molecule has 2 heteroatoms. The van der Waals surface area contributed by atoms with Gasteiger partial charge in [0.2, 0.25) is 0 Å². The zero-order chi connectivity index (χ0) is 12.6. The summed E-state index contributed by atoms with van der Waals surface area (Å²) in [5, 5.41) is 0. The van der Waals surface area contributed by atoms with Gasteiger partial charge in [-0.05, 0) is 31.3 Å². The van der Waals surface area contributed by atoms with E-state index in [0.29, 0.717) is 0 Å². The maximum atomic E-state index is 5.25. The summed E-state index contributed by atoms with van der Waals surface area (Å²) in [6.07, 6.45) is 19.7. The van der Waals surface area contributed by atoms with Crippen molar-refractivity contribution in [1.82, 2.24) is 0 Å². The van der Waals surface area contributed by atoms with Gasteiger partial charge >= 0.3 is 0 Å². The fourth-order valence-corrected chi connectivity index (χ4v) is 2.10. The van der Waals surface area contributed by atoms with E-state index in [4.69, 9.17) is 4.74 Å². The van der Waals surface area contributed by atoms with Crippen molar-refractivity contribution in [1.29, 1.82) is 0 Å². The predicted molar refractivity (Wildman–Crippen MR) is 77.1 cm³/mol. The Kier molecular flexibility index (Phi) is 5.15. The van der Waals surface area contributed by atoms with Crippen LogP contribution in [0.2, 0.25) is 0 Å². The highest BCUT2D eigenvalue weighted by molar-refractivity contribution is 5.82. The van der Waals surface area contributed by atoms with Crippen LogP contribution >= 0.6 is 0 Å². The molecule has 0 fully saturated rings. The lowest BCUT2D eigenvalue weighted by Gasteiger charge is -2.12. The van der Waals surface area contributed by atoms with Crippen molar-refractivity contribution >= 4 is 6.21 Å². The van der Waals surface area contributed by atoms with Crippen LogP contribution < -0.4 is 0 Å². The first kappa shape index (κ1) is 13.0. The van der Waals surface area contributed by atoms with Crippen LogP contribution in [0.1, 0.15) is 25.7 Å². The first-order chi connectivity index (χ1) is 8.88. The van der Waals surface area contributed by atoms with E-state index in [1.807, 2.05) is 6.21 Å². The van der Waals surface area contributed by atoms with Crippen LogP contribution in [0.15, 0.2) is 52.6 Å². The molecule has 0 aromatic carbocycles. The molecular formula is C16H21NO. The Morgan fingerprint density at radius 2 is 2.28 bits per heavy atom. The molecule has 0 N–H and O–H groups in total. The maximum absolute atomic E-state index is 5.25. The predicted octanol–water partition coefficient (Wildman–Crippen LogP) is 3.63. The molecule has 2 aliphatic carbocycles. The lowest BCUT2D eigenvalue weighted by atomic mass is 10.0. The molecule has 0 saturated heterocycles. The molecule has 2 rings (SSSR count). The quantitative estimate of drug-likeness (QED) is 0.676. The van der Waals surface area contributed by atoms with E-state index in [9.17, 15) is 0 Å². The summed E-state index contributed by atoms with van der Waals surface area (Å²) in [5.41, 5.74) is 2.61. The fraction of sp³-hybridized carbons (Fsp3) is 0.438. The fourth-order valence-electron chi connectivity index (χ4n) is 2.10. The van der Waals surface area contributed by atoms with E-state index >= 15 is 0 Å². The van der Waals surface area contributed by atoms with Crippen LogP contribution in [0.3, 0.4) is 0 Å². The number of methoxy groups -OCH3 is 1. The van der Waals surface area contributed by atoms with Gasteiger partial charge in [-0.2, -0.15) is 0 Å². The Morgan fingerprint density at radius 3 is 2.94 bits per heavy atom. The average Bonchev–Trinajstić information content (AvgIpc) is 2.45. The third-order valence-electron chi connectivity index (χ3n) is 3.23. The molecule has 1 atom stereocenters. The lowest BCUT2D eigenvalue weighted by Crippen LogP contribution is -2.08. The number of rotatable bonds is 5. The van der Waals surface area contributed by atoms with E-state index in [2.05, 4.69) is 41.4 Å². The summed E-state index contributed by atoms with van der Waals surface area (Å²) in [7, 11) is 1.74. The topological polar surface area (TPSA) is 21.6 Å². The van der Waals surface area contributed by atoms with Crippen LogP contribution in [0.4, 0.5) is 0 Å². The first-order valence-corrected chi connectivity index (χ1v) is 6.65. The molecule has 0 spiro atoms. The number of aliphatic imine (C=N–C) groups is 1. The summed E-state index contributed by atoms with van der Waals surface area (Å²) < 4.78 is 5.25. The molecule has 0 aliphatic heterocycles. The SMILES string of the molecule is COC1C=CC(C=NCCC2=CCCC=C2)=CC1. The molecular weight excluding hydrogens is 222 g/mol. The van der Waals surface area contributed by atoms with Crippen molar-refractivity contribution in [2.24, 2.45) is 4.99 Å². The summed E-state index contributed by atoms with van der Waals surface area (Å²) in [4.78, 5) is 4.48. The number of allylic oxidation sites excluding steroid dienone is 5. The Balaban J connectivity index is 1.72. The molecule has 96 valence electrons.